The number of rotatable bonds is 4. The molecule has 2 amide bonds. The lowest BCUT2D eigenvalue weighted by Gasteiger charge is -2.24. The molecule has 1 aliphatic rings. The van der Waals surface area contributed by atoms with Crippen LogP contribution >= 0.6 is 0 Å². The Hall–Kier alpha value is -1.79. The molecular weight excluding hydrogens is 240 g/mol. The van der Waals surface area contributed by atoms with Gasteiger partial charge in [0.1, 0.15) is 12.1 Å². The first-order chi connectivity index (χ1) is 8.47. The van der Waals surface area contributed by atoms with Crippen molar-refractivity contribution >= 4 is 18.0 Å². The lowest BCUT2D eigenvalue weighted by atomic mass is 10.2. The Morgan fingerprint density at radius 2 is 2.17 bits per heavy atom. The summed E-state index contributed by atoms with van der Waals surface area (Å²) in [6.45, 7) is 3.76. The SMILES string of the molecule is CCOC(=O)C1CCCN1C(=O)N[C@@H](C)C(=O)O. The Labute approximate surface area is 105 Å². The van der Waals surface area contributed by atoms with Gasteiger partial charge >= 0.3 is 18.0 Å². The van der Waals surface area contributed by atoms with Gasteiger partial charge in [-0.2, -0.15) is 0 Å². The zero-order chi connectivity index (χ0) is 13.7. The van der Waals surface area contributed by atoms with Crippen LogP contribution in [0.2, 0.25) is 0 Å². The highest BCUT2D eigenvalue weighted by atomic mass is 16.5. The number of urea groups is 1. The van der Waals surface area contributed by atoms with Gasteiger partial charge in [0.05, 0.1) is 6.61 Å². The van der Waals surface area contributed by atoms with Crippen LogP contribution in [-0.4, -0.2) is 53.2 Å². The van der Waals surface area contributed by atoms with Crippen LogP contribution in [0.3, 0.4) is 0 Å². The van der Waals surface area contributed by atoms with Gasteiger partial charge in [-0.3, -0.25) is 4.79 Å². The number of carbonyl (C=O) groups excluding carboxylic acids is 2. The van der Waals surface area contributed by atoms with Crippen molar-refractivity contribution in [2.75, 3.05) is 13.2 Å². The standard InChI is InChI=1S/C11H18N2O5/c1-3-18-10(16)8-5-4-6-13(8)11(17)12-7(2)9(14)15/h7-8H,3-6H2,1-2H3,(H,12,17)(H,14,15)/t7-,8?/m0/s1. The zero-order valence-corrected chi connectivity index (χ0v) is 10.5. The van der Waals surface area contributed by atoms with E-state index in [2.05, 4.69) is 5.32 Å². The van der Waals surface area contributed by atoms with Crippen LogP contribution in [0.1, 0.15) is 26.7 Å². The zero-order valence-electron chi connectivity index (χ0n) is 10.5. The lowest BCUT2D eigenvalue weighted by molar-refractivity contribution is -0.147. The minimum Gasteiger partial charge on any atom is -0.480 e. The molecule has 0 aromatic carbocycles. The third-order valence-corrected chi connectivity index (χ3v) is 2.78. The molecule has 7 nitrogen and oxygen atoms in total. The summed E-state index contributed by atoms with van der Waals surface area (Å²) in [5.74, 6) is -1.55. The number of carbonyl (C=O) groups is 3. The van der Waals surface area contributed by atoms with E-state index in [1.807, 2.05) is 0 Å². The molecule has 1 rings (SSSR count). The number of nitrogens with one attached hydrogen (secondary N) is 1. The van der Waals surface area contributed by atoms with E-state index in [0.29, 0.717) is 19.4 Å². The maximum absolute atomic E-state index is 11.8. The normalized spacial score (nSPS) is 20.3. The molecule has 0 aromatic heterocycles. The van der Waals surface area contributed by atoms with Crippen molar-refractivity contribution < 1.29 is 24.2 Å². The smallest absolute Gasteiger partial charge is 0.328 e. The molecule has 0 bridgehead atoms. The van der Waals surface area contributed by atoms with E-state index in [4.69, 9.17) is 9.84 Å². The molecule has 0 saturated carbocycles. The maximum Gasteiger partial charge on any atom is 0.328 e. The quantitative estimate of drug-likeness (QED) is 0.702. The van der Waals surface area contributed by atoms with Gasteiger partial charge < -0.3 is 20.1 Å². The van der Waals surface area contributed by atoms with Crippen molar-refractivity contribution in [2.24, 2.45) is 0 Å². The van der Waals surface area contributed by atoms with Gasteiger partial charge in [-0.15, -0.1) is 0 Å². The Morgan fingerprint density at radius 3 is 2.72 bits per heavy atom. The van der Waals surface area contributed by atoms with E-state index >= 15 is 0 Å². The monoisotopic (exact) mass is 258 g/mol. The van der Waals surface area contributed by atoms with Crippen LogP contribution in [-0.2, 0) is 14.3 Å². The molecule has 1 fully saturated rings. The van der Waals surface area contributed by atoms with Gasteiger partial charge in [-0.25, -0.2) is 9.59 Å². The summed E-state index contributed by atoms with van der Waals surface area (Å²) in [5, 5.41) is 11.0. The first-order valence-electron chi connectivity index (χ1n) is 5.94. The molecule has 1 unspecified atom stereocenters. The van der Waals surface area contributed by atoms with E-state index < -0.39 is 30.1 Å². The molecular formula is C11H18N2O5. The van der Waals surface area contributed by atoms with Crippen molar-refractivity contribution in [3.63, 3.8) is 0 Å². The van der Waals surface area contributed by atoms with Crippen molar-refractivity contribution in [1.29, 1.82) is 0 Å². The average Bonchev–Trinajstić information content (AvgIpc) is 2.77. The van der Waals surface area contributed by atoms with Gasteiger partial charge in [0.15, 0.2) is 0 Å². The highest BCUT2D eigenvalue weighted by Crippen LogP contribution is 2.18. The summed E-state index contributed by atoms with van der Waals surface area (Å²) in [7, 11) is 0. The third kappa shape index (κ3) is 3.35. The fourth-order valence-electron chi connectivity index (χ4n) is 1.82. The Morgan fingerprint density at radius 1 is 1.50 bits per heavy atom. The molecule has 0 aromatic rings. The average molecular weight is 258 g/mol. The van der Waals surface area contributed by atoms with Crippen molar-refractivity contribution in [3.8, 4) is 0 Å². The Bertz CT molecular complexity index is 344. The second-order valence-corrected chi connectivity index (χ2v) is 4.11. The maximum atomic E-state index is 11.8. The van der Waals surface area contributed by atoms with Gasteiger partial charge in [0, 0.05) is 6.54 Å². The molecule has 0 radical (unpaired) electrons. The molecule has 18 heavy (non-hydrogen) atoms. The molecule has 0 spiro atoms. The topological polar surface area (TPSA) is 95.9 Å². The number of ether oxygens (including phenoxy) is 1. The summed E-state index contributed by atoms with van der Waals surface area (Å²) in [6, 6.07) is -2.13. The second-order valence-electron chi connectivity index (χ2n) is 4.11. The minimum atomic E-state index is -1.12. The number of amides is 2. The highest BCUT2D eigenvalue weighted by Gasteiger charge is 2.35. The molecule has 2 N–H and O–H groups in total. The van der Waals surface area contributed by atoms with Gasteiger partial charge in [-0.05, 0) is 26.7 Å². The van der Waals surface area contributed by atoms with E-state index in [0.717, 1.165) is 0 Å². The first-order valence-corrected chi connectivity index (χ1v) is 5.94. The van der Waals surface area contributed by atoms with Crippen LogP contribution in [0.15, 0.2) is 0 Å². The lowest BCUT2D eigenvalue weighted by Crippen LogP contribution is -2.50. The summed E-state index contributed by atoms with van der Waals surface area (Å²) < 4.78 is 4.88. The first kappa shape index (κ1) is 14.3. The molecule has 1 heterocycles. The van der Waals surface area contributed by atoms with Crippen LogP contribution in [0, 0.1) is 0 Å². The van der Waals surface area contributed by atoms with Crippen LogP contribution in [0.5, 0.6) is 0 Å². The second kappa shape index (κ2) is 6.23. The fraction of sp³-hybridized carbons (Fsp3) is 0.727. The number of carboxylic acids is 1. The van der Waals surface area contributed by atoms with Crippen molar-refractivity contribution in [2.45, 2.75) is 38.8 Å². The van der Waals surface area contributed by atoms with Gasteiger partial charge in [-0.1, -0.05) is 0 Å². The van der Waals surface area contributed by atoms with E-state index in [1.165, 1.54) is 11.8 Å². The minimum absolute atomic E-state index is 0.260. The Kier molecular flexibility index (Phi) is 4.94. The van der Waals surface area contributed by atoms with Crippen molar-refractivity contribution in [3.05, 3.63) is 0 Å². The summed E-state index contributed by atoms with van der Waals surface area (Å²) in [5.41, 5.74) is 0. The highest BCUT2D eigenvalue weighted by molar-refractivity contribution is 5.87. The third-order valence-electron chi connectivity index (χ3n) is 2.78. The predicted octanol–water partition coefficient (Wildman–Crippen LogP) is 0.197. The number of carboxylic acid groups (broad SMARTS) is 1. The molecule has 7 heteroatoms. The number of nitrogens with zero attached hydrogens (tertiary/aromatic N) is 1. The van der Waals surface area contributed by atoms with E-state index in [9.17, 15) is 14.4 Å². The van der Waals surface area contributed by atoms with Gasteiger partial charge in [0.2, 0.25) is 0 Å². The summed E-state index contributed by atoms with van der Waals surface area (Å²) in [6.07, 6.45) is 1.26. The molecule has 102 valence electrons. The van der Waals surface area contributed by atoms with Crippen LogP contribution < -0.4 is 5.32 Å². The molecule has 1 aliphatic heterocycles. The summed E-state index contributed by atoms with van der Waals surface area (Å²) in [4.78, 5) is 35.4. The molecule has 1 saturated heterocycles. The number of hydrogen-bond donors (Lipinski definition) is 2. The van der Waals surface area contributed by atoms with E-state index in [-0.39, 0.29) is 6.61 Å². The number of aliphatic carboxylic acids is 1. The number of hydrogen-bond acceptors (Lipinski definition) is 4. The molecule has 2 atom stereocenters. The predicted molar refractivity (Wildman–Crippen MR) is 62.0 cm³/mol. The number of esters is 1. The fourth-order valence-corrected chi connectivity index (χ4v) is 1.82. The van der Waals surface area contributed by atoms with Crippen molar-refractivity contribution in [1.82, 2.24) is 10.2 Å². The van der Waals surface area contributed by atoms with E-state index in [1.54, 1.807) is 6.92 Å². The van der Waals surface area contributed by atoms with Crippen LogP contribution in [0.4, 0.5) is 4.79 Å². The van der Waals surface area contributed by atoms with Gasteiger partial charge in [0.25, 0.3) is 0 Å². The van der Waals surface area contributed by atoms with Crippen LogP contribution in [0.25, 0.3) is 0 Å². The number of likely N-dealkylation sites (tertiary alicyclic amines) is 1. The summed E-state index contributed by atoms with van der Waals surface area (Å²) >= 11 is 0. The Balaban J connectivity index is 2.61. The molecule has 0 aliphatic carbocycles. The largest absolute Gasteiger partial charge is 0.480 e.